The molecule has 4 heteroatoms. The lowest BCUT2D eigenvalue weighted by Crippen LogP contribution is -1.99. The molecule has 1 aliphatic rings. The summed E-state index contributed by atoms with van der Waals surface area (Å²) in [4.78, 5) is 7.84. The molecular formula is C16H10AlN3. The van der Waals surface area contributed by atoms with Crippen LogP contribution < -0.4 is 0 Å². The monoisotopic (exact) mass is 271 g/mol. The molecule has 0 saturated carbocycles. The minimum absolute atomic E-state index is 0.643. The number of hydrogen-bond acceptors (Lipinski definition) is 1. The molecular weight excluding hydrogens is 261 g/mol. The first kappa shape index (κ1) is 12.7. The lowest BCUT2D eigenvalue weighted by atomic mass is 10.0. The van der Waals surface area contributed by atoms with Crippen molar-refractivity contribution in [3.8, 4) is 0 Å². The van der Waals surface area contributed by atoms with E-state index < -0.39 is 0 Å². The van der Waals surface area contributed by atoms with E-state index in [1.165, 1.54) is 0 Å². The standard InChI is InChI=1S/C16H10N3.Al/c1-17-13-8-6-12(7-9-13)16(14-4-2-10-18-14)15-5-3-11-19-15;/h2-11H;/q-1;+1/b16-14-;. The van der Waals surface area contributed by atoms with E-state index in [2.05, 4.69) is 32.4 Å². The SMILES string of the molecule is [C-]#[N+]c1ccc(/C(=C2\C=CC=N2)c2ccc[n]2[Al])cc1. The fourth-order valence-electron chi connectivity index (χ4n) is 2.18. The summed E-state index contributed by atoms with van der Waals surface area (Å²) in [5.41, 5.74) is 4.77. The van der Waals surface area contributed by atoms with E-state index in [1.807, 2.05) is 52.2 Å². The van der Waals surface area contributed by atoms with Crippen molar-refractivity contribution in [1.29, 1.82) is 0 Å². The van der Waals surface area contributed by atoms with Gasteiger partial charge in [-0.25, -0.2) is 4.85 Å². The third-order valence-electron chi connectivity index (χ3n) is 3.13. The van der Waals surface area contributed by atoms with Crippen LogP contribution in [0.4, 0.5) is 5.69 Å². The molecule has 0 unspecified atom stereocenters. The summed E-state index contributed by atoms with van der Waals surface area (Å²) in [6.45, 7) is 7.03. The molecule has 2 heterocycles. The number of benzene rings is 1. The van der Waals surface area contributed by atoms with Gasteiger partial charge in [-0.2, -0.15) is 0 Å². The van der Waals surface area contributed by atoms with Gasteiger partial charge in [0.05, 0.1) is 12.3 Å². The molecule has 2 radical (unpaired) electrons. The van der Waals surface area contributed by atoms with E-state index in [1.54, 1.807) is 6.21 Å². The molecule has 20 heavy (non-hydrogen) atoms. The van der Waals surface area contributed by atoms with Crippen LogP contribution in [-0.4, -0.2) is 26.3 Å². The van der Waals surface area contributed by atoms with Gasteiger partial charge in [0.25, 0.3) is 0 Å². The van der Waals surface area contributed by atoms with Gasteiger partial charge in [-0.3, -0.25) is 4.99 Å². The number of aliphatic imine (C=N–C) groups is 1. The van der Waals surface area contributed by atoms with Crippen molar-refractivity contribution in [2.75, 3.05) is 0 Å². The average molecular weight is 271 g/mol. The molecule has 0 saturated heterocycles. The first-order valence-electron chi connectivity index (χ1n) is 6.15. The molecule has 3 nitrogen and oxygen atoms in total. The predicted octanol–water partition coefficient (Wildman–Crippen LogP) is 3.37. The Morgan fingerprint density at radius 1 is 1.20 bits per heavy atom. The van der Waals surface area contributed by atoms with E-state index in [9.17, 15) is 0 Å². The van der Waals surface area contributed by atoms with Crippen molar-refractivity contribution in [1.82, 2.24) is 3.55 Å². The van der Waals surface area contributed by atoms with Gasteiger partial charge in [0, 0.05) is 17.5 Å². The van der Waals surface area contributed by atoms with Crippen LogP contribution in [0.3, 0.4) is 0 Å². The molecule has 2 aromatic rings. The zero-order valence-corrected chi connectivity index (χ0v) is 11.8. The van der Waals surface area contributed by atoms with Gasteiger partial charge >= 0.3 is 16.5 Å². The van der Waals surface area contributed by atoms with Crippen LogP contribution >= 0.6 is 0 Å². The third kappa shape index (κ3) is 2.26. The molecule has 1 aromatic carbocycles. The van der Waals surface area contributed by atoms with E-state index in [0.717, 1.165) is 22.5 Å². The van der Waals surface area contributed by atoms with Gasteiger partial charge in [0.1, 0.15) is 0 Å². The summed E-state index contributed by atoms with van der Waals surface area (Å²) >= 11 is 2.68. The Kier molecular flexibility index (Phi) is 3.39. The Hall–Kier alpha value is -2.33. The van der Waals surface area contributed by atoms with Gasteiger partial charge in [-0.15, -0.1) is 0 Å². The fourth-order valence-corrected chi connectivity index (χ4v) is 2.50. The summed E-state index contributed by atoms with van der Waals surface area (Å²) in [6, 6.07) is 11.7. The highest BCUT2D eigenvalue weighted by molar-refractivity contribution is 6.08. The Morgan fingerprint density at radius 2 is 2.00 bits per heavy atom. The first-order valence-corrected chi connectivity index (χ1v) is 6.67. The maximum Gasteiger partial charge on any atom is 0.317 e. The molecule has 0 amide bonds. The van der Waals surface area contributed by atoms with Gasteiger partial charge in [0.2, 0.25) is 0 Å². The van der Waals surface area contributed by atoms with Crippen LogP contribution in [0.25, 0.3) is 10.4 Å². The van der Waals surface area contributed by atoms with Gasteiger partial charge in [0.15, 0.2) is 5.69 Å². The highest BCUT2D eigenvalue weighted by atomic mass is 27.1. The van der Waals surface area contributed by atoms with E-state index in [0.29, 0.717) is 5.69 Å². The summed E-state index contributed by atoms with van der Waals surface area (Å²) in [7, 11) is 0. The summed E-state index contributed by atoms with van der Waals surface area (Å²) in [5.74, 6) is 0. The van der Waals surface area contributed by atoms with Crippen molar-refractivity contribution in [2.24, 2.45) is 4.99 Å². The van der Waals surface area contributed by atoms with Crippen molar-refractivity contribution in [3.05, 3.63) is 83.1 Å². The van der Waals surface area contributed by atoms with Crippen molar-refractivity contribution < 1.29 is 0 Å². The Labute approximate surface area is 126 Å². The molecule has 1 aliphatic heterocycles. The van der Waals surface area contributed by atoms with Gasteiger partial charge in [-0.05, 0) is 36.0 Å². The topological polar surface area (TPSA) is 21.6 Å². The second-order valence-corrected chi connectivity index (χ2v) is 4.91. The molecule has 1 aromatic heterocycles. The number of hydrogen-bond donors (Lipinski definition) is 0. The lowest BCUT2D eigenvalue weighted by molar-refractivity contribution is 1.21. The number of allylic oxidation sites excluding steroid dienone is 2. The molecule has 3 rings (SSSR count). The van der Waals surface area contributed by atoms with Gasteiger partial charge < -0.3 is 3.55 Å². The van der Waals surface area contributed by atoms with Crippen LogP contribution in [0.5, 0.6) is 0 Å². The normalized spacial score (nSPS) is 15.3. The Balaban J connectivity index is 2.19. The molecule has 0 fully saturated rings. The molecule has 0 bridgehead atoms. The Bertz CT molecular complexity index is 757. The molecule has 0 aliphatic carbocycles. The maximum atomic E-state index is 7.03. The second-order valence-electron chi connectivity index (χ2n) is 4.36. The minimum Gasteiger partial charge on any atom is -0.458 e. The number of aromatic nitrogens is 1. The molecule has 0 spiro atoms. The number of rotatable bonds is 2. The largest absolute Gasteiger partial charge is 0.458 e. The molecule has 0 N–H and O–H groups in total. The van der Waals surface area contributed by atoms with Crippen molar-refractivity contribution in [3.63, 3.8) is 0 Å². The summed E-state index contributed by atoms with van der Waals surface area (Å²) in [5, 5.41) is 0. The van der Waals surface area contributed by atoms with E-state index >= 15 is 0 Å². The Morgan fingerprint density at radius 3 is 2.55 bits per heavy atom. The van der Waals surface area contributed by atoms with Crippen LogP contribution in [0.2, 0.25) is 0 Å². The lowest BCUT2D eigenvalue weighted by Gasteiger charge is -2.12. The quantitative estimate of drug-likeness (QED) is 0.590. The van der Waals surface area contributed by atoms with Crippen molar-refractivity contribution in [2.45, 2.75) is 0 Å². The second kappa shape index (κ2) is 5.35. The zero-order valence-electron chi connectivity index (χ0n) is 10.7. The summed E-state index contributed by atoms with van der Waals surface area (Å²) < 4.78 is 1.99. The third-order valence-corrected chi connectivity index (χ3v) is 3.58. The van der Waals surface area contributed by atoms with Gasteiger partial charge in [-0.1, -0.05) is 24.3 Å². The number of nitrogens with zero attached hydrogens (tertiary/aromatic N) is 3. The summed E-state index contributed by atoms with van der Waals surface area (Å²) in [6.07, 6.45) is 7.70. The van der Waals surface area contributed by atoms with Crippen LogP contribution in [-0.2, 0) is 0 Å². The highest BCUT2D eigenvalue weighted by Gasteiger charge is 2.13. The predicted molar refractivity (Wildman–Crippen MR) is 81.9 cm³/mol. The van der Waals surface area contributed by atoms with E-state index in [4.69, 9.17) is 6.57 Å². The van der Waals surface area contributed by atoms with E-state index in [-0.39, 0.29) is 0 Å². The fraction of sp³-hybridized carbons (Fsp3) is 0. The van der Waals surface area contributed by atoms with Crippen LogP contribution in [0.15, 0.2) is 65.4 Å². The maximum absolute atomic E-state index is 7.03. The minimum atomic E-state index is 0.643. The molecule has 0 atom stereocenters. The molecule has 92 valence electrons. The first-order chi connectivity index (χ1) is 9.79. The van der Waals surface area contributed by atoms with Crippen LogP contribution in [0.1, 0.15) is 11.3 Å². The van der Waals surface area contributed by atoms with Crippen molar-refractivity contribution >= 4 is 34.0 Å². The zero-order chi connectivity index (χ0) is 13.9. The van der Waals surface area contributed by atoms with Crippen LogP contribution in [0, 0.1) is 6.57 Å². The average Bonchev–Trinajstić information content (AvgIpc) is 3.13. The highest BCUT2D eigenvalue weighted by Crippen LogP contribution is 2.30. The smallest absolute Gasteiger partial charge is 0.317 e.